The number of aromatic nitrogens is 1. The first-order valence-corrected chi connectivity index (χ1v) is 6.87. The summed E-state index contributed by atoms with van der Waals surface area (Å²) < 4.78 is 6.21. The van der Waals surface area contributed by atoms with Gasteiger partial charge in [-0.1, -0.05) is 11.6 Å². The van der Waals surface area contributed by atoms with Crippen molar-refractivity contribution < 1.29 is 9.53 Å². The van der Waals surface area contributed by atoms with Crippen LogP contribution in [0.3, 0.4) is 0 Å². The molecule has 6 heteroatoms. The summed E-state index contributed by atoms with van der Waals surface area (Å²) in [7, 11) is 1.77. The van der Waals surface area contributed by atoms with Crippen molar-refractivity contribution in [3.8, 4) is 0 Å². The van der Waals surface area contributed by atoms with Crippen molar-refractivity contribution in [1.29, 1.82) is 0 Å². The van der Waals surface area contributed by atoms with Gasteiger partial charge in [-0.3, -0.25) is 4.79 Å². The standard InChI is InChI=1S/C12H14BrClN2O2/c1-7-10(3-4-18-7)16(2)12(17)9-5-8(13)6-15-11(9)14/h5-7,10H,3-4H2,1-2H3. The molecule has 2 atom stereocenters. The van der Waals surface area contributed by atoms with Gasteiger partial charge in [0.05, 0.1) is 17.7 Å². The largest absolute Gasteiger partial charge is 0.376 e. The van der Waals surface area contributed by atoms with E-state index in [1.54, 1.807) is 24.2 Å². The molecule has 2 heterocycles. The molecule has 1 aromatic heterocycles. The Bertz CT molecular complexity index is 469. The first kappa shape index (κ1) is 13.8. The molecule has 0 saturated carbocycles. The molecule has 1 aliphatic rings. The monoisotopic (exact) mass is 332 g/mol. The van der Waals surface area contributed by atoms with Gasteiger partial charge < -0.3 is 9.64 Å². The first-order valence-electron chi connectivity index (χ1n) is 5.70. The minimum Gasteiger partial charge on any atom is -0.376 e. The zero-order chi connectivity index (χ0) is 13.3. The maximum absolute atomic E-state index is 12.4. The molecule has 98 valence electrons. The van der Waals surface area contributed by atoms with Crippen LogP contribution < -0.4 is 0 Å². The van der Waals surface area contributed by atoms with E-state index in [0.29, 0.717) is 12.2 Å². The van der Waals surface area contributed by atoms with Gasteiger partial charge in [-0.25, -0.2) is 4.98 Å². The van der Waals surface area contributed by atoms with Crippen LogP contribution >= 0.6 is 27.5 Å². The number of likely N-dealkylation sites (N-methyl/N-ethyl adjacent to an activating group) is 1. The Labute approximate surface area is 119 Å². The van der Waals surface area contributed by atoms with Gasteiger partial charge in [-0.15, -0.1) is 0 Å². The molecule has 0 radical (unpaired) electrons. The van der Waals surface area contributed by atoms with Gasteiger partial charge in [0.2, 0.25) is 0 Å². The molecule has 0 aromatic carbocycles. The number of nitrogens with zero attached hydrogens (tertiary/aromatic N) is 2. The van der Waals surface area contributed by atoms with Crippen LogP contribution in [0.15, 0.2) is 16.7 Å². The normalized spacial score (nSPS) is 23.1. The lowest BCUT2D eigenvalue weighted by atomic mass is 10.1. The fraction of sp³-hybridized carbons (Fsp3) is 0.500. The summed E-state index contributed by atoms with van der Waals surface area (Å²) >= 11 is 9.26. The highest BCUT2D eigenvalue weighted by Gasteiger charge is 2.31. The average molecular weight is 334 g/mol. The first-order chi connectivity index (χ1) is 8.50. The molecule has 4 nitrogen and oxygen atoms in total. The predicted octanol–water partition coefficient (Wildman–Crippen LogP) is 2.75. The SMILES string of the molecule is CC1OCCC1N(C)C(=O)c1cc(Br)cnc1Cl. The summed E-state index contributed by atoms with van der Waals surface area (Å²) in [6.07, 6.45) is 2.47. The Morgan fingerprint density at radius 2 is 2.39 bits per heavy atom. The summed E-state index contributed by atoms with van der Waals surface area (Å²) in [5.74, 6) is -0.129. The van der Waals surface area contributed by atoms with Crippen molar-refractivity contribution in [2.75, 3.05) is 13.7 Å². The van der Waals surface area contributed by atoms with Gasteiger partial charge in [-0.2, -0.15) is 0 Å². The lowest BCUT2D eigenvalue weighted by molar-refractivity contribution is 0.0574. The summed E-state index contributed by atoms with van der Waals surface area (Å²) in [5, 5.41) is 0.224. The van der Waals surface area contributed by atoms with E-state index in [4.69, 9.17) is 16.3 Å². The molecule has 1 saturated heterocycles. The van der Waals surface area contributed by atoms with Gasteiger partial charge in [0.1, 0.15) is 5.15 Å². The molecule has 0 aliphatic carbocycles. The van der Waals surface area contributed by atoms with Crippen LogP contribution in [-0.2, 0) is 4.74 Å². The Hall–Kier alpha value is -0.650. The molecule has 1 amide bonds. The van der Waals surface area contributed by atoms with Gasteiger partial charge in [0, 0.05) is 24.3 Å². The summed E-state index contributed by atoms with van der Waals surface area (Å²) in [4.78, 5) is 18.0. The van der Waals surface area contributed by atoms with Gasteiger partial charge >= 0.3 is 0 Å². The van der Waals surface area contributed by atoms with E-state index in [9.17, 15) is 4.79 Å². The quantitative estimate of drug-likeness (QED) is 0.782. The number of halogens is 2. The van der Waals surface area contributed by atoms with E-state index in [2.05, 4.69) is 20.9 Å². The van der Waals surface area contributed by atoms with Crippen LogP contribution in [0.25, 0.3) is 0 Å². The second-order valence-electron chi connectivity index (χ2n) is 4.34. The van der Waals surface area contributed by atoms with E-state index in [-0.39, 0.29) is 23.2 Å². The second-order valence-corrected chi connectivity index (χ2v) is 5.61. The minimum atomic E-state index is -0.129. The third kappa shape index (κ3) is 2.68. The predicted molar refractivity (Wildman–Crippen MR) is 72.9 cm³/mol. The minimum absolute atomic E-state index is 0.0536. The smallest absolute Gasteiger partial charge is 0.257 e. The number of carbonyl (C=O) groups excluding carboxylic acids is 1. The van der Waals surface area contributed by atoms with Crippen molar-refractivity contribution in [3.63, 3.8) is 0 Å². The van der Waals surface area contributed by atoms with Crippen molar-refractivity contribution in [3.05, 3.63) is 27.5 Å². The molecule has 0 spiro atoms. The van der Waals surface area contributed by atoms with Crippen LogP contribution in [-0.4, -0.2) is 41.6 Å². The molecule has 1 aliphatic heterocycles. The second kappa shape index (κ2) is 5.55. The van der Waals surface area contributed by atoms with Crippen molar-refractivity contribution >= 4 is 33.4 Å². The van der Waals surface area contributed by atoms with Gasteiger partial charge in [-0.05, 0) is 35.3 Å². The van der Waals surface area contributed by atoms with Crippen molar-refractivity contribution in [2.45, 2.75) is 25.5 Å². The maximum atomic E-state index is 12.4. The van der Waals surface area contributed by atoms with Crippen LogP contribution in [0.5, 0.6) is 0 Å². The summed E-state index contributed by atoms with van der Waals surface area (Å²) in [5.41, 5.74) is 0.410. The van der Waals surface area contributed by atoms with Gasteiger partial charge in [0.25, 0.3) is 5.91 Å². The zero-order valence-electron chi connectivity index (χ0n) is 10.2. The lowest BCUT2D eigenvalue weighted by Crippen LogP contribution is -2.41. The Balaban J connectivity index is 2.22. The number of carbonyl (C=O) groups is 1. The maximum Gasteiger partial charge on any atom is 0.257 e. The fourth-order valence-electron chi connectivity index (χ4n) is 2.14. The highest BCUT2D eigenvalue weighted by Crippen LogP contribution is 2.24. The lowest BCUT2D eigenvalue weighted by Gasteiger charge is -2.27. The van der Waals surface area contributed by atoms with E-state index >= 15 is 0 Å². The average Bonchev–Trinajstić information content (AvgIpc) is 2.77. The Kier molecular flexibility index (Phi) is 4.25. The number of hydrogen-bond acceptors (Lipinski definition) is 3. The third-order valence-corrected chi connectivity index (χ3v) is 3.92. The number of ether oxygens (including phenoxy) is 1. The molecule has 1 aromatic rings. The summed E-state index contributed by atoms with van der Waals surface area (Å²) in [6, 6.07) is 1.78. The molecular weight excluding hydrogens is 320 g/mol. The van der Waals surface area contributed by atoms with E-state index < -0.39 is 0 Å². The molecule has 0 N–H and O–H groups in total. The zero-order valence-corrected chi connectivity index (χ0v) is 12.5. The number of amides is 1. The van der Waals surface area contributed by atoms with Crippen LogP contribution in [0.2, 0.25) is 5.15 Å². The third-order valence-electron chi connectivity index (χ3n) is 3.19. The molecular formula is C12H14BrClN2O2. The van der Waals surface area contributed by atoms with E-state index in [0.717, 1.165) is 10.9 Å². The highest BCUT2D eigenvalue weighted by molar-refractivity contribution is 9.10. The molecule has 18 heavy (non-hydrogen) atoms. The van der Waals surface area contributed by atoms with Crippen LogP contribution in [0, 0.1) is 0 Å². The molecule has 0 bridgehead atoms. The number of pyridine rings is 1. The number of rotatable bonds is 2. The van der Waals surface area contributed by atoms with E-state index in [1.807, 2.05) is 6.92 Å². The topological polar surface area (TPSA) is 42.4 Å². The molecule has 2 rings (SSSR count). The van der Waals surface area contributed by atoms with E-state index in [1.165, 1.54) is 0 Å². The highest BCUT2D eigenvalue weighted by atomic mass is 79.9. The van der Waals surface area contributed by atoms with Crippen LogP contribution in [0.1, 0.15) is 23.7 Å². The van der Waals surface area contributed by atoms with Gasteiger partial charge in [0.15, 0.2) is 0 Å². The van der Waals surface area contributed by atoms with Crippen molar-refractivity contribution in [2.24, 2.45) is 0 Å². The molecule has 1 fully saturated rings. The van der Waals surface area contributed by atoms with Crippen molar-refractivity contribution in [1.82, 2.24) is 9.88 Å². The fourth-order valence-corrected chi connectivity index (χ4v) is 2.66. The number of hydrogen-bond donors (Lipinski definition) is 0. The van der Waals surface area contributed by atoms with Crippen LogP contribution in [0.4, 0.5) is 0 Å². The Morgan fingerprint density at radius 1 is 1.67 bits per heavy atom. The molecule has 2 unspecified atom stereocenters. The Morgan fingerprint density at radius 3 is 3.00 bits per heavy atom. The summed E-state index contributed by atoms with van der Waals surface area (Å²) in [6.45, 7) is 2.66.